The van der Waals surface area contributed by atoms with Crippen LogP contribution in [0.4, 0.5) is 101 Å². The van der Waals surface area contributed by atoms with E-state index in [9.17, 15) is 149 Å². The van der Waals surface area contributed by atoms with Gasteiger partial charge in [0.15, 0.2) is 26.4 Å². The molecule has 6 rings (SSSR count). The largest absolute Gasteiger partial charge is 0.508 e. The number of hydrogen-bond donors (Lipinski definition) is 0. The van der Waals surface area contributed by atoms with Crippen LogP contribution in [0.1, 0.15) is 87.9 Å². The van der Waals surface area contributed by atoms with Crippen LogP contribution in [0, 0.1) is 23.2 Å². The molecule has 0 saturated heterocycles. The average molecular weight is 1950 g/mol. The first kappa shape index (κ1) is 119. The summed E-state index contributed by atoms with van der Waals surface area (Å²) in [5.74, 6) is -21.8. The summed E-state index contributed by atoms with van der Waals surface area (Å²) in [6.07, 6.45) is -29.5. The predicted octanol–water partition coefficient (Wildman–Crippen LogP) is 15.7. The van der Waals surface area contributed by atoms with Gasteiger partial charge in [-0.05, 0) is 101 Å². The number of halogens is 22. The lowest BCUT2D eigenvalue weighted by Gasteiger charge is -2.59. The lowest BCUT2D eigenvalue weighted by atomic mass is 9.48. The van der Waals surface area contributed by atoms with Gasteiger partial charge in [0.2, 0.25) is 5.60 Å². The maximum Gasteiger partial charge on any atom is 0.508 e. The lowest BCUT2D eigenvalue weighted by molar-refractivity contribution is -0.314. The topological polar surface area (TPSA) is 345 Å². The van der Waals surface area contributed by atoms with Gasteiger partial charge in [0.05, 0.1) is 124 Å². The van der Waals surface area contributed by atoms with Crippen molar-refractivity contribution in [3.05, 3.63) is 154 Å². The van der Waals surface area contributed by atoms with Crippen LogP contribution in [-0.4, -0.2) is 251 Å². The van der Waals surface area contributed by atoms with Gasteiger partial charge in [-0.15, -0.1) is 32.9 Å². The minimum atomic E-state index is -5.94. The van der Waals surface area contributed by atoms with E-state index in [0.29, 0.717) is 25.7 Å². The first-order valence-electron chi connectivity index (χ1n) is 38.1. The van der Waals surface area contributed by atoms with Gasteiger partial charge in [0.25, 0.3) is 6.10 Å². The molecule has 0 spiro atoms. The summed E-state index contributed by atoms with van der Waals surface area (Å²) in [5, 5.41) is 0. The Morgan fingerprint density at radius 1 is 0.462 bits per heavy atom. The Bertz CT molecular complexity index is 4090. The van der Waals surface area contributed by atoms with E-state index in [2.05, 4.69) is 104 Å². The van der Waals surface area contributed by atoms with Crippen LogP contribution < -0.4 is 4.74 Å². The Morgan fingerprint density at radius 3 is 1.28 bits per heavy atom. The van der Waals surface area contributed by atoms with Gasteiger partial charge in [-0.2, -0.15) is 96.6 Å². The maximum atomic E-state index is 12.8. The Balaban J connectivity index is 0.000000827. The van der Waals surface area contributed by atoms with E-state index in [1.54, 1.807) is 6.08 Å². The van der Waals surface area contributed by atoms with Gasteiger partial charge >= 0.3 is 115 Å². The zero-order valence-corrected chi connectivity index (χ0v) is 70.5. The van der Waals surface area contributed by atoms with Crippen molar-refractivity contribution >= 4 is 65.8 Å². The number of carbonyl (C=O) groups excluding carboxylic acids is 11. The molecule has 132 heavy (non-hydrogen) atoms. The van der Waals surface area contributed by atoms with Gasteiger partial charge in [-0.1, -0.05) is 63.3 Å². The molecule has 3 atom stereocenters. The van der Waals surface area contributed by atoms with Gasteiger partial charge in [-0.3, -0.25) is 14.4 Å². The van der Waals surface area contributed by atoms with Gasteiger partial charge in [0.1, 0.15) is 30.7 Å². The van der Waals surface area contributed by atoms with Crippen LogP contribution in [-0.2, 0) is 119 Å². The highest BCUT2D eigenvalue weighted by molar-refractivity contribution is 5.94. The van der Waals surface area contributed by atoms with E-state index in [1.807, 2.05) is 0 Å². The highest BCUT2D eigenvalue weighted by atomic mass is 19.4. The summed E-state index contributed by atoms with van der Waals surface area (Å²) in [6.45, 7) is 27.0. The molecule has 0 heterocycles. The summed E-state index contributed by atoms with van der Waals surface area (Å²) in [7, 11) is 0.875. The summed E-state index contributed by atoms with van der Waals surface area (Å²) in [4.78, 5) is 129. The standard InChI is InChI=1S/C20H25F3O5.C17H20F6O5.C16H19F5O7.C16H15F3O5.C13H15F5O6/c1-3-4-26-10-13(2)16(24)28-19-8-14-5-15(9-19)7-18(6-14,11-19)17(25)27-12-20(21,22)23;1-3-8-26-9-10(2)13(24)27-12-6-4-11(5-7-12)14(25)28-15(16(18,19)20)17(21,22)23;1-5-6-26-8-10(2)12(23)28-14(3,13(24)25-4)7-11(22)27-9-15(17,18)16(19,20)21;1-3-8-22-9-11(2)14(20)24-13-6-4-12(5-7-13)15(21)23-10-16(17,18)19;1-3-4-21-7-9(2)10(19)22-5-6-23-11(20)24-8-12(14,15)13(16,17)18/h3,14-15H,1-2,4-12H2;3,11-12,15H,1-2,4-9H2;5H,1-2,6-9H2,3-4H3;3-7H,1-2,8-10H2;3H,1-2,4-8H2. The highest BCUT2D eigenvalue weighted by Crippen LogP contribution is 2.63. The van der Waals surface area contributed by atoms with Crippen LogP contribution in [0.25, 0.3) is 0 Å². The first-order chi connectivity index (χ1) is 60.9. The smallest absolute Gasteiger partial charge is 0.466 e. The molecular weight excluding hydrogens is 1850 g/mol. The number of hydrogen-bond acceptors (Lipinski definition) is 28. The van der Waals surface area contributed by atoms with Crippen molar-refractivity contribution in [1.82, 2.24) is 0 Å². The molecule has 4 bridgehead atoms. The molecule has 0 N–H and O–H groups in total. The number of rotatable bonds is 45. The molecule has 50 heteroatoms. The number of alkyl halides is 22. The molecule has 3 unspecified atom stereocenters. The third-order valence-corrected chi connectivity index (χ3v) is 17.5. The molecule has 0 radical (unpaired) electrons. The van der Waals surface area contributed by atoms with Gasteiger partial charge in [-0.25, -0.2) is 38.4 Å². The lowest BCUT2D eigenvalue weighted by Crippen LogP contribution is -2.60. The molecule has 744 valence electrons. The second-order valence-electron chi connectivity index (χ2n) is 28.8. The van der Waals surface area contributed by atoms with Crippen LogP contribution in [0.15, 0.2) is 148 Å². The summed E-state index contributed by atoms with van der Waals surface area (Å²) < 4.78 is 349. The Labute approximate surface area is 739 Å². The molecule has 1 aromatic carbocycles. The van der Waals surface area contributed by atoms with Crippen LogP contribution >= 0.6 is 0 Å². The van der Waals surface area contributed by atoms with Crippen molar-refractivity contribution in [1.29, 1.82) is 0 Å². The minimum Gasteiger partial charge on any atom is -0.466 e. The van der Waals surface area contributed by atoms with E-state index < -0.39 is 196 Å². The van der Waals surface area contributed by atoms with Crippen LogP contribution in [0.3, 0.4) is 0 Å². The van der Waals surface area contributed by atoms with Crippen molar-refractivity contribution < 1.29 is 230 Å². The number of methoxy groups -OCH3 is 1. The SMILES string of the molecule is C=CCOCC(=C)C(=O)OC(C)(CC(=O)OCC(F)(F)C(F)(F)F)C(=O)OC.C=CCOCC(=C)C(=O)OC12CC3CC(C1)CC(C(=O)OCC(F)(F)F)(C3)C2.C=CCOCC(=C)C(=O)OC1CCC(C(=O)OC(C(F)(F)F)C(F)(F)F)CC1.C=CCOCC(=C)C(=O)OCCOC(=O)OCC(F)(F)C(F)(F)F.C=CCOCC(=C)C(=O)Oc1ccc(C(=O)OCC(F)(F)F)cc1. The van der Waals surface area contributed by atoms with E-state index in [0.717, 1.165) is 20.5 Å². The molecular formula is C82H94F22O28. The van der Waals surface area contributed by atoms with Crippen molar-refractivity contribution in [3.63, 3.8) is 0 Å². The fourth-order valence-corrected chi connectivity index (χ4v) is 11.8. The van der Waals surface area contributed by atoms with E-state index in [-0.39, 0.29) is 149 Å². The van der Waals surface area contributed by atoms with Crippen LogP contribution in [0.5, 0.6) is 5.75 Å². The molecule has 5 aliphatic carbocycles. The fourth-order valence-electron chi connectivity index (χ4n) is 11.8. The third kappa shape index (κ3) is 43.9. The fraction of sp³-hybridized carbons (Fsp3) is 0.549. The van der Waals surface area contributed by atoms with E-state index in [1.165, 1.54) is 48.6 Å². The Kier molecular flexibility index (Phi) is 48.7. The molecule has 5 aliphatic rings. The summed E-state index contributed by atoms with van der Waals surface area (Å²) >= 11 is 0. The Hall–Kier alpha value is -11.2. The number of esters is 10. The molecule has 0 amide bonds. The predicted molar refractivity (Wildman–Crippen MR) is 408 cm³/mol. The van der Waals surface area contributed by atoms with Crippen molar-refractivity contribution in [3.8, 4) is 5.75 Å². The van der Waals surface area contributed by atoms with Gasteiger partial charge < -0.3 is 80.5 Å². The van der Waals surface area contributed by atoms with E-state index in [4.69, 9.17) is 42.6 Å². The maximum absolute atomic E-state index is 12.8. The minimum absolute atomic E-state index is 0.00651. The van der Waals surface area contributed by atoms with Crippen molar-refractivity contribution in [2.75, 3.05) is 113 Å². The second-order valence-corrected chi connectivity index (χ2v) is 28.8. The third-order valence-electron chi connectivity index (χ3n) is 17.5. The first-order valence-corrected chi connectivity index (χ1v) is 38.1. The molecule has 5 saturated carbocycles. The average Bonchev–Trinajstić information content (AvgIpc) is 0.714. The number of ether oxygens (including phenoxy) is 17. The second kappa shape index (κ2) is 54.1. The quantitative estimate of drug-likeness (QED) is 0.0111. The molecule has 1 aromatic rings. The highest BCUT2D eigenvalue weighted by Gasteiger charge is 2.65. The van der Waals surface area contributed by atoms with Crippen molar-refractivity contribution in [2.24, 2.45) is 23.2 Å². The molecule has 0 aromatic heterocycles. The number of carbonyl (C=O) groups is 11. The molecule has 0 aliphatic heterocycles. The van der Waals surface area contributed by atoms with Crippen LogP contribution in [0.2, 0.25) is 0 Å². The zero-order chi connectivity index (χ0) is 101. The summed E-state index contributed by atoms with van der Waals surface area (Å²) in [5.41, 5.74) is -4.35. The summed E-state index contributed by atoms with van der Waals surface area (Å²) in [6, 6.07) is 4.86. The monoisotopic (exact) mass is 1940 g/mol. The zero-order valence-electron chi connectivity index (χ0n) is 70.5. The Morgan fingerprint density at radius 2 is 0.864 bits per heavy atom. The van der Waals surface area contributed by atoms with E-state index >= 15 is 0 Å². The molecule has 5 fully saturated rings. The molecule has 28 nitrogen and oxygen atoms in total. The number of benzene rings is 1. The van der Waals surface area contributed by atoms with Crippen molar-refractivity contribution in [2.45, 2.75) is 150 Å². The normalized spacial score (nSPS) is 18.4. The van der Waals surface area contributed by atoms with Gasteiger partial charge in [0, 0.05) is 6.42 Å².